The molecule has 3 N–H and O–H groups in total. The van der Waals surface area contributed by atoms with E-state index in [0.717, 1.165) is 5.69 Å². The van der Waals surface area contributed by atoms with Crippen molar-refractivity contribution < 1.29 is 14.7 Å². The number of aryl methyl sites for hydroxylation is 2. The van der Waals surface area contributed by atoms with Gasteiger partial charge in [-0.2, -0.15) is 5.10 Å². The molecule has 0 aliphatic rings. The van der Waals surface area contributed by atoms with Gasteiger partial charge in [-0.15, -0.1) is 0 Å². The number of carbonyl (C=O) groups is 2. The first-order valence-electron chi connectivity index (χ1n) is 6.33. The molecule has 2 rings (SSSR count). The number of carboxylic acid groups (broad SMARTS) is 1. The second-order valence-electron chi connectivity index (χ2n) is 4.64. The molecule has 0 spiro atoms. The van der Waals surface area contributed by atoms with Gasteiger partial charge in [0.15, 0.2) is 5.82 Å². The van der Waals surface area contributed by atoms with Gasteiger partial charge in [0.25, 0.3) is 0 Å². The lowest BCUT2D eigenvalue weighted by Gasteiger charge is -2.06. The summed E-state index contributed by atoms with van der Waals surface area (Å²) in [5.41, 5.74) is 2.19. The molecular formula is C14H16N4O3. The molecule has 0 saturated heterocycles. The van der Waals surface area contributed by atoms with Gasteiger partial charge in [0, 0.05) is 24.5 Å². The lowest BCUT2D eigenvalue weighted by Crippen LogP contribution is -2.19. The van der Waals surface area contributed by atoms with Crippen LogP contribution in [-0.4, -0.2) is 26.9 Å². The van der Waals surface area contributed by atoms with E-state index < -0.39 is 12.0 Å². The van der Waals surface area contributed by atoms with E-state index in [1.54, 1.807) is 42.1 Å². The maximum absolute atomic E-state index is 11.8. The van der Waals surface area contributed by atoms with Crippen LogP contribution < -0.4 is 10.6 Å². The van der Waals surface area contributed by atoms with Crippen molar-refractivity contribution in [3.8, 4) is 0 Å². The summed E-state index contributed by atoms with van der Waals surface area (Å²) in [4.78, 5) is 22.4. The van der Waals surface area contributed by atoms with Crippen molar-refractivity contribution in [3.63, 3.8) is 0 Å². The van der Waals surface area contributed by atoms with Crippen molar-refractivity contribution in [1.82, 2.24) is 9.78 Å². The van der Waals surface area contributed by atoms with E-state index >= 15 is 0 Å². The summed E-state index contributed by atoms with van der Waals surface area (Å²) in [5, 5.41) is 18.1. The lowest BCUT2D eigenvalue weighted by molar-refractivity contribution is -0.136. The average molecular weight is 288 g/mol. The molecule has 0 unspecified atom stereocenters. The Labute approximate surface area is 121 Å². The molecular weight excluding hydrogens is 272 g/mol. The fourth-order valence-electron chi connectivity index (χ4n) is 1.78. The number of aliphatic carboxylic acids is 1. The van der Waals surface area contributed by atoms with E-state index in [0.29, 0.717) is 17.1 Å². The summed E-state index contributed by atoms with van der Waals surface area (Å²) >= 11 is 0. The Hall–Kier alpha value is -2.83. The molecule has 0 bridgehead atoms. The first-order chi connectivity index (χ1) is 9.94. The van der Waals surface area contributed by atoms with Crippen LogP contribution in [-0.2, 0) is 18.3 Å². The van der Waals surface area contributed by atoms with E-state index in [1.807, 2.05) is 6.92 Å². The van der Waals surface area contributed by atoms with Crippen LogP contribution >= 0.6 is 0 Å². The summed E-state index contributed by atoms with van der Waals surface area (Å²) in [6, 6.07) is 7.99. The van der Waals surface area contributed by atoms with Gasteiger partial charge >= 0.3 is 12.0 Å². The number of hydrogen-bond donors (Lipinski definition) is 3. The monoisotopic (exact) mass is 288 g/mol. The van der Waals surface area contributed by atoms with Crippen molar-refractivity contribution in [1.29, 1.82) is 0 Å². The van der Waals surface area contributed by atoms with E-state index in [-0.39, 0.29) is 6.42 Å². The number of amides is 2. The molecule has 1 aromatic carbocycles. The number of benzene rings is 1. The first kappa shape index (κ1) is 14.6. The molecule has 0 aliphatic heterocycles. The summed E-state index contributed by atoms with van der Waals surface area (Å²) < 4.78 is 1.66. The summed E-state index contributed by atoms with van der Waals surface area (Å²) in [6.45, 7) is 1.89. The van der Waals surface area contributed by atoms with E-state index in [4.69, 9.17) is 5.11 Å². The number of hydrogen-bond acceptors (Lipinski definition) is 3. The minimum absolute atomic E-state index is 0.0420. The van der Waals surface area contributed by atoms with Crippen molar-refractivity contribution in [2.45, 2.75) is 13.3 Å². The Bertz CT molecular complexity index is 642. The molecule has 1 heterocycles. The zero-order chi connectivity index (χ0) is 15.4. The molecule has 2 aromatic rings. The maximum atomic E-state index is 11.8. The zero-order valence-electron chi connectivity index (χ0n) is 11.8. The Morgan fingerprint density at radius 2 is 1.90 bits per heavy atom. The van der Waals surface area contributed by atoms with Gasteiger partial charge in [-0.3, -0.25) is 14.8 Å². The fourth-order valence-corrected chi connectivity index (χ4v) is 1.78. The van der Waals surface area contributed by atoms with Gasteiger partial charge in [-0.25, -0.2) is 4.79 Å². The van der Waals surface area contributed by atoms with Gasteiger partial charge in [-0.05, 0) is 24.6 Å². The number of nitrogens with zero attached hydrogens (tertiary/aromatic N) is 2. The molecule has 7 nitrogen and oxygen atoms in total. The molecule has 2 amide bonds. The second-order valence-corrected chi connectivity index (χ2v) is 4.64. The predicted molar refractivity (Wildman–Crippen MR) is 78.4 cm³/mol. The number of anilines is 2. The molecule has 0 fully saturated rings. The summed E-state index contributed by atoms with van der Waals surface area (Å²) in [5.74, 6) is -0.422. The van der Waals surface area contributed by atoms with Gasteiger partial charge in [0.1, 0.15) is 0 Å². The molecule has 0 radical (unpaired) electrons. The largest absolute Gasteiger partial charge is 0.481 e. The van der Waals surface area contributed by atoms with Crippen molar-refractivity contribution in [2.75, 3.05) is 10.6 Å². The summed E-state index contributed by atoms with van der Waals surface area (Å²) in [7, 11) is 1.79. The highest BCUT2D eigenvalue weighted by Crippen LogP contribution is 2.12. The summed E-state index contributed by atoms with van der Waals surface area (Å²) in [6.07, 6.45) is -0.0420. The normalized spacial score (nSPS) is 10.2. The van der Waals surface area contributed by atoms with Crippen LogP contribution in [0.5, 0.6) is 0 Å². The molecule has 21 heavy (non-hydrogen) atoms. The van der Waals surface area contributed by atoms with Crippen LogP contribution in [0.25, 0.3) is 0 Å². The fraction of sp³-hybridized carbons (Fsp3) is 0.214. The molecule has 110 valence electrons. The standard InChI is InChI=1S/C14H16N4O3/c1-9-7-12(17-18(9)2)16-14(21)15-11-5-3-10(4-6-11)8-13(19)20/h3-7H,8H2,1-2H3,(H,19,20)(H2,15,16,17,21). The third-order valence-electron chi connectivity index (χ3n) is 2.92. The zero-order valence-corrected chi connectivity index (χ0v) is 11.8. The minimum atomic E-state index is -0.890. The van der Waals surface area contributed by atoms with Crippen LogP contribution in [0.4, 0.5) is 16.3 Å². The Morgan fingerprint density at radius 1 is 1.24 bits per heavy atom. The third kappa shape index (κ3) is 4.07. The highest BCUT2D eigenvalue weighted by molar-refractivity contribution is 5.99. The van der Waals surface area contributed by atoms with Crippen molar-refractivity contribution in [2.24, 2.45) is 7.05 Å². The molecule has 0 aliphatic carbocycles. The SMILES string of the molecule is Cc1cc(NC(=O)Nc2ccc(CC(=O)O)cc2)nn1C. The number of carboxylic acids is 1. The Kier molecular flexibility index (Phi) is 4.22. The number of aromatic nitrogens is 2. The van der Waals surface area contributed by atoms with Crippen LogP contribution in [0.1, 0.15) is 11.3 Å². The highest BCUT2D eigenvalue weighted by Gasteiger charge is 2.07. The van der Waals surface area contributed by atoms with Gasteiger partial charge in [0.2, 0.25) is 0 Å². The predicted octanol–water partition coefficient (Wildman–Crippen LogP) is 2.00. The molecule has 1 aromatic heterocycles. The van der Waals surface area contributed by atoms with Gasteiger partial charge < -0.3 is 10.4 Å². The Morgan fingerprint density at radius 3 is 2.43 bits per heavy atom. The minimum Gasteiger partial charge on any atom is -0.481 e. The number of nitrogens with one attached hydrogen (secondary N) is 2. The van der Waals surface area contributed by atoms with Crippen LogP contribution in [0, 0.1) is 6.92 Å². The molecule has 0 atom stereocenters. The van der Waals surface area contributed by atoms with Crippen LogP contribution in [0.15, 0.2) is 30.3 Å². The topological polar surface area (TPSA) is 96.2 Å². The highest BCUT2D eigenvalue weighted by atomic mass is 16.4. The number of urea groups is 1. The first-order valence-corrected chi connectivity index (χ1v) is 6.33. The smallest absolute Gasteiger partial charge is 0.324 e. The van der Waals surface area contributed by atoms with E-state index in [1.165, 1.54) is 0 Å². The quantitative estimate of drug-likeness (QED) is 0.801. The van der Waals surface area contributed by atoms with Crippen molar-refractivity contribution in [3.05, 3.63) is 41.6 Å². The molecule has 7 heteroatoms. The number of rotatable bonds is 4. The van der Waals surface area contributed by atoms with E-state index in [2.05, 4.69) is 15.7 Å². The van der Waals surface area contributed by atoms with Crippen molar-refractivity contribution >= 4 is 23.5 Å². The third-order valence-corrected chi connectivity index (χ3v) is 2.92. The van der Waals surface area contributed by atoms with Crippen LogP contribution in [0.3, 0.4) is 0 Å². The molecule has 0 saturated carbocycles. The number of carbonyl (C=O) groups excluding carboxylic acids is 1. The van der Waals surface area contributed by atoms with E-state index in [9.17, 15) is 9.59 Å². The van der Waals surface area contributed by atoms with Gasteiger partial charge in [0.05, 0.1) is 6.42 Å². The Balaban J connectivity index is 1.94. The van der Waals surface area contributed by atoms with Gasteiger partial charge in [-0.1, -0.05) is 12.1 Å². The average Bonchev–Trinajstić information content (AvgIpc) is 2.70. The second kappa shape index (κ2) is 6.08. The lowest BCUT2D eigenvalue weighted by atomic mass is 10.1. The van der Waals surface area contributed by atoms with Crippen LogP contribution in [0.2, 0.25) is 0 Å². The maximum Gasteiger partial charge on any atom is 0.324 e.